The average molecular weight is 300 g/mol. The summed E-state index contributed by atoms with van der Waals surface area (Å²) in [6, 6.07) is 0. The number of methoxy groups -OCH3 is 1. The first kappa shape index (κ1) is 20.9. The second-order valence-electron chi connectivity index (χ2n) is 8.90. The van der Waals surface area contributed by atoms with E-state index >= 15 is 0 Å². The predicted octanol–water partition coefficient (Wildman–Crippen LogP) is 5.41. The lowest BCUT2D eigenvalue weighted by atomic mass is 9.89. The van der Waals surface area contributed by atoms with E-state index in [1.54, 1.807) is 0 Å². The molecule has 0 unspecified atom stereocenters. The molecule has 21 heavy (non-hydrogen) atoms. The van der Waals surface area contributed by atoms with Gasteiger partial charge in [0.1, 0.15) is 0 Å². The van der Waals surface area contributed by atoms with Crippen molar-refractivity contribution in [2.75, 3.05) is 20.2 Å². The maximum Gasteiger partial charge on any atom is 0.0571 e. The van der Waals surface area contributed by atoms with Gasteiger partial charge >= 0.3 is 0 Å². The summed E-state index contributed by atoms with van der Waals surface area (Å²) in [5.41, 5.74) is 0.852. The van der Waals surface area contributed by atoms with Gasteiger partial charge in [0.25, 0.3) is 0 Å². The van der Waals surface area contributed by atoms with E-state index in [9.17, 15) is 0 Å². The van der Waals surface area contributed by atoms with Crippen LogP contribution in [0, 0.1) is 10.8 Å². The molecule has 0 aliphatic rings. The van der Waals surface area contributed by atoms with Crippen LogP contribution < -0.4 is 5.32 Å². The molecular weight excluding hydrogens is 258 g/mol. The van der Waals surface area contributed by atoms with Crippen molar-refractivity contribution < 1.29 is 4.74 Å². The van der Waals surface area contributed by atoms with Gasteiger partial charge in [0.05, 0.1) is 6.10 Å². The van der Waals surface area contributed by atoms with Crippen molar-refractivity contribution in [2.24, 2.45) is 10.8 Å². The van der Waals surface area contributed by atoms with E-state index in [-0.39, 0.29) is 0 Å². The number of rotatable bonds is 11. The molecule has 0 aromatic carbocycles. The molecule has 1 N–H and O–H groups in total. The Bertz CT molecular complexity index is 237. The van der Waals surface area contributed by atoms with Gasteiger partial charge in [0, 0.05) is 7.11 Å². The summed E-state index contributed by atoms with van der Waals surface area (Å²) in [6.07, 6.45) is 9.39. The minimum absolute atomic E-state index is 0.397. The fourth-order valence-corrected chi connectivity index (χ4v) is 2.50. The van der Waals surface area contributed by atoms with E-state index in [2.05, 4.69) is 46.9 Å². The largest absolute Gasteiger partial charge is 0.381 e. The minimum atomic E-state index is 0.397. The molecule has 2 heteroatoms. The second-order valence-corrected chi connectivity index (χ2v) is 8.90. The molecule has 0 bridgehead atoms. The van der Waals surface area contributed by atoms with Crippen LogP contribution in [0.3, 0.4) is 0 Å². The molecule has 0 saturated heterocycles. The van der Waals surface area contributed by atoms with Crippen LogP contribution in [-0.2, 0) is 4.74 Å². The third-order valence-electron chi connectivity index (χ3n) is 3.82. The van der Waals surface area contributed by atoms with Crippen LogP contribution >= 0.6 is 0 Å². The van der Waals surface area contributed by atoms with Gasteiger partial charge in [-0.15, -0.1) is 0 Å². The lowest BCUT2D eigenvalue weighted by molar-refractivity contribution is 0.0809. The van der Waals surface area contributed by atoms with Gasteiger partial charge in [0.2, 0.25) is 0 Å². The number of ether oxygens (including phenoxy) is 1. The van der Waals surface area contributed by atoms with Crippen LogP contribution in [0.15, 0.2) is 0 Å². The topological polar surface area (TPSA) is 21.3 Å². The number of hydrogen-bond donors (Lipinski definition) is 1. The molecule has 0 heterocycles. The second kappa shape index (κ2) is 10.6. The molecule has 0 aliphatic carbocycles. The van der Waals surface area contributed by atoms with Gasteiger partial charge in [-0.05, 0) is 49.6 Å². The lowest BCUT2D eigenvalue weighted by Crippen LogP contribution is -2.27. The Balaban J connectivity index is 3.51. The fraction of sp³-hybridized carbons (Fsp3) is 1.00. The van der Waals surface area contributed by atoms with Gasteiger partial charge in [0.15, 0.2) is 0 Å². The molecule has 128 valence electrons. The summed E-state index contributed by atoms with van der Waals surface area (Å²) in [4.78, 5) is 0. The highest BCUT2D eigenvalue weighted by Crippen LogP contribution is 2.23. The number of nitrogens with one attached hydrogen (secondary N) is 1. The third-order valence-corrected chi connectivity index (χ3v) is 3.82. The Labute approximate surface area is 134 Å². The molecule has 0 aromatic heterocycles. The van der Waals surface area contributed by atoms with Crippen LogP contribution in [0.5, 0.6) is 0 Å². The maximum absolute atomic E-state index is 5.62. The summed E-state index contributed by atoms with van der Waals surface area (Å²) in [5, 5.41) is 3.55. The zero-order valence-corrected chi connectivity index (χ0v) is 15.8. The summed E-state index contributed by atoms with van der Waals surface area (Å²) in [7, 11) is 1.87. The highest BCUT2D eigenvalue weighted by molar-refractivity contribution is 4.66. The first-order valence-electron chi connectivity index (χ1n) is 8.87. The molecule has 0 radical (unpaired) electrons. The van der Waals surface area contributed by atoms with E-state index in [1.165, 1.54) is 44.9 Å². The van der Waals surface area contributed by atoms with Crippen molar-refractivity contribution in [2.45, 2.75) is 92.6 Å². The van der Waals surface area contributed by atoms with Crippen LogP contribution in [0.25, 0.3) is 0 Å². The number of unbranched alkanes of at least 4 members (excludes halogenated alkanes) is 2. The summed E-state index contributed by atoms with van der Waals surface area (Å²) < 4.78 is 5.62. The van der Waals surface area contributed by atoms with E-state index in [4.69, 9.17) is 4.74 Å². The van der Waals surface area contributed by atoms with Crippen molar-refractivity contribution >= 4 is 0 Å². The molecular formula is C19H41NO. The van der Waals surface area contributed by atoms with Crippen molar-refractivity contribution in [3.8, 4) is 0 Å². The molecule has 0 fully saturated rings. The molecule has 0 rings (SSSR count). The van der Waals surface area contributed by atoms with Crippen molar-refractivity contribution in [1.82, 2.24) is 5.32 Å². The van der Waals surface area contributed by atoms with E-state index in [0.29, 0.717) is 16.9 Å². The summed E-state index contributed by atoms with van der Waals surface area (Å²) in [5.74, 6) is 0. The van der Waals surface area contributed by atoms with Crippen molar-refractivity contribution in [1.29, 1.82) is 0 Å². The molecule has 0 aliphatic heterocycles. The van der Waals surface area contributed by atoms with Gasteiger partial charge < -0.3 is 10.1 Å². The molecule has 0 spiro atoms. The van der Waals surface area contributed by atoms with Crippen molar-refractivity contribution in [3.05, 3.63) is 0 Å². The molecule has 0 saturated carbocycles. The van der Waals surface area contributed by atoms with Crippen LogP contribution in [0.1, 0.15) is 86.5 Å². The Morgan fingerprint density at radius 1 is 0.810 bits per heavy atom. The van der Waals surface area contributed by atoms with Gasteiger partial charge in [-0.2, -0.15) is 0 Å². The molecule has 2 nitrogen and oxygen atoms in total. The average Bonchev–Trinajstić information content (AvgIpc) is 2.32. The van der Waals surface area contributed by atoms with Crippen LogP contribution in [-0.4, -0.2) is 26.3 Å². The van der Waals surface area contributed by atoms with E-state index in [1.807, 2.05) is 7.11 Å². The van der Waals surface area contributed by atoms with Crippen LogP contribution in [0.4, 0.5) is 0 Å². The van der Waals surface area contributed by atoms with Crippen molar-refractivity contribution in [3.63, 3.8) is 0 Å². The predicted molar refractivity (Wildman–Crippen MR) is 94.9 cm³/mol. The zero-order valence-electron chi connectivity index (χ0n) is 15.8. The standard InChI is InChI=1S/C19H41NO/c1-18(2,3)14-11-13-17(21-7)12-9-8-10-15-20-16-19(4,5)6/h17,20H,8-16H2,1-7H3/t17-/m1/s1. The van der Waals surface area contributed by atoms with Gasteiger partial charge in [-0.3, -0.25) is 0 Å². The SMILES string of the molecule is CO[C@H](CCCCCNCC(C)(C)C)CCCC(C)(C)C. The van der Waals surface area contributed by atoms with E-state index < -0.39 is 0 Å². The molecule has 0 amide bonds. The minimum Gasteiger partial charge on any atom is -0.381 e. The highest BCUT2D eigenvalue weighted by atomic mass is 16.5. The van der Waals surface area contributed by atoms with Gasteiger partial charge in [-0.25, -0.2) is 0 Å². The Morgan fingerprint density at radius 2 is 1.43 bits per heavy atom. The summed E-state index contributed by atoms with van der Waals surface area (Å²) >= 11 is 0. The first-order chi connectivity index (χ1) is 9.64. The summed E-state index contributed by atoms with van der Waals surface area (Å²) in [6.45, 7) is 16.1. The zero-order chi connectivity index (χ0) is 16.4. The number of hydrogen-bond acceptors (Lipinski definition) is 2. The van der Waals surface area contributed by atoms with Crippen LogP contribution in [0.2, 0.25) is 0 Å². The monoisotopic (exact) mass is 299 g/mol. The third kappa shape index (κ3) is 16.1. The molecule has 1 atom stereocenters. The lowest BCUT2D eigenvalue weighted by Gasteiger charge is -2.21. The van der Waals surface area contributed by atoms with E-state index in [0.717, 1.165) is 13.1 Å². The van der Waals surface area contributed by atoms with Gasteiger partial charge in [-0.1, -0.05) is 60.8 Å². The highest BCUT2D eigenvalue weighted by Gasteiger charge is 2.13. The Hall–Kier alpha value is -0.0800. The quantitative estimate of drug-likeness (QED) is 0.515. The normalized spacial score (nSPS) is 14.4. The Kier molecular flexibility index (Phi) is 10.6. The smallest absolute Gasteiger partial charge is 0.0571 e. The fourth-order valence-electron chi connectivity index (χ4n) is 2.50. The Morgan fingerprint density at radius 3 is 1.95 bits per heavy atom. The first-order valence-corrected chi connectivity index (χ1v) is 8.87. The molecule has 0 aromatic rings. The maximum atomic E-state index is 5.62.